The van der Waals surface area contributed by atoms with Gasteiger partial charge in [-0.3, -0.25) is 9.89 Å². The van der Waals surface area contributed by atoms with Gasteiger partial charge in [-0.25, -0.2) is 9.98 Å². The highest BCUT2D eigenvalue weighted by Crippen LogP contribution is 2.38. The molecular weight excluding hydrogens is 432 g/mol. The van der Waals surface area contributed by atoms with Crippen LogP contribution in [-0.4, -0.2) is 63.2 Å². The van der Waals surface area contributed by atoms with Gasteiger partial charge in [0.05, 0.1) is 18.4 Å². The highest BCUT2D eigenvalue weighted by molar-refractivity contribution is 8.00. The van der Waals surface area contributed by atoms with Crippen molar-refractivity contribution in [3.8, 4) is 17.1 Å². The number of aromatic nitrogens is 2. The number of amidine groups is 1. The largest absolute Gasteiger partial charge is 0.491 e. The molecule has 2 N–H and O–H groups in total. The Hall–Kier alpha value is -2.32. The summed E-state index contributed by atoms with van der Waals surface area (Å²) in [4.78, 5) is 17.6. The number of aliphatic imine (C=N–C) groups is 2. The average Bonchev–Trinajstić information content (AvgIpc) is 3.10. The molecule has 0 spiro atoms. The van der Waals surface area contributed by atoms with E-state index in [-0.39, 0.29) is 11.6 Å². The van der Waals surface area contributed by atoms with Crippen molar-refractivity contribution in [3.05, 3.63) is 30.1 Å². The van der Waals surface area contributed by atoms with Gasteiger partial charge in [0.25, 0.3) is 0 Å². The van der Waals surface area contributed by atoms with Crippen molar-refractivity contribution in [3.63, 3.8) is 0 Å². The van der Waals surface area contributed by atoms with E-state index in [1.54, 1.807) is 0 Å². The number of likely N-dealkylation sites (tertiary alicyclic amines) is 1. The Kier molecular flexibility index (Phi) is 7.14. The molecule has 0 amide bonds. The molecule has 1 fully saturated rings. The number of fused-ring (bicyclic) bond motifs is 3. The minimum absolute atomic E-state index is 0.105. The number of imidazole rings is 1. The fraction of sp³-hybridized carbons (Fsp3) is 0.560. The van der Waals surface area contributed by atoms with E-state index in [9.17, 15) is 0 Å². The lowest BCUT2D eigenvalue weighted by Crippen LogP contribution is -2.46. The lowest BCUT2D eigenvalue weighted by molar-refractivity contribution is 0.113. The van der Waals surface area contributed by atoms with Crippen molar-refractivity contribution in [2.24, 2.45) is 15.7 Å². The van der Waals surface area contributed by atoms with E-state index in [1.165, 1.54) is 24.1 Å². The number of ether oxygens (including phenoxy) is 1. The molecule has 178 valence electrons. The van der Waals surface area contributed by atoms with Crippen LogP contribution in [0.15, 0.2) is 39.3 Å². The monoisotopic (exact) mass is 468 g/mol. The maximum Gasteiger partial charge on any atom is 0.176 e. The average molecular weight is 469 g/mol. The number of rotatable bonds is 4. The first-order valence-corrected chi connectivity index (χ1v) is 12.7. The van der Waals surface area contributed by atoms with Crippen molar-refractivity contribution in [2.45, 2.75) is 75.7 Å². The van der Waals surface area contributed by atoms with Crippen molar-refractivity contribution < 1.29 is 4.74 Å². The van der Waals surface area contributed by atoms with Crippen LogP contribution in [0, 0.1) is 0 Å². The number of nitrogens with zero attached hydrogens (tertiary/aromatic N) is 5. The van der Waals surface area contributed by atoms with Gasteiger partial charge < -0.3 is 15.0 Å². The summed E-state index contributed by atoms with van der Waals surface area (Å²) < 4.78 is 8.18. The summed E-state index contributed by atoms with van der Waals surface area (Å²) in [5.74, 6) is 2.33. The molecule has 8 heteroatoms. The van der Waals surface area contributed by atoms with Crippen molar-refractivity contribution in [1.82, 2.24) is 14.5 Å². The SMILES string of the molecule is CC(C)N=C(N=CN)c1cn2c(n1)-c1cc(SC3CCN(C(C)(C)C)CC3)ccc1OCC2. The van der Waals surface area contributed by atoms with Gasteiger partial charge in [0.15, 0.2) is 5.84 Å². The minimum Gasteiger partial charge on any atom is -0.491 e. The molecule has 1 saturated heterocycles. The highest BCUT2D eigenvalue weighted by atomic mass is 32.2. The Bertz CT molecular complexity index is 1030. The number of piperidine rings is 1. The minimum atomic E-state index is 0.105. The first-order chi connectivity index (χ1) is 15.7. The number of thioether (sulfide) groups is 1. The van der Waals surface area contributed by atoms with Gasteiger partial charge in [-0.15, -0.1) is 11.8 Å². The normalized spacial score (nSPS) is 18.3. The number of nitrogens with two attached hydrogens (primary N) is 1. The summed E-state index contributed by atoms with van der Waals surface area (Å²) in [6.45, 7) is 14.6. The lowest BCUT2D eigenvalue weighted by atomic mass is 10.0. The number of hydrogen-bond acceptors (Lipinski definition) is 5. The van der Waals surface area contributed by atoms with Crippen molar-refractivity contribution in [2.75, 3.05) is 19.7 Å². The van der Waals surface area contributed by atoms with E-state index in [0.717, 1.165) is 42.5 Å². The van der Waals surface area contributed by atoms with Crippen LogP contribution < -0.4 is 10.5 Å². The van der Waals surface area contributed by atoms with Gasteiger partial charge in [-0.1, -0.05) is 0 Å². The second-order valence-corrected chi connectivity index (χ2v) is 11.3. The summed E-state index contributed by atoms with van der Waals surface area (Å²) in [6.07, 6.45) is 5.70. The van der Waals surface area contributed by atoms with E-state index in [1.807, 2.05) is 31.8 Å². The lowest BCUT2D eigenvalue weighted by Gasteiger charge is -2.40. The topological polar surface area (TPSA) is 81.0 Å². The summed E-state index contributed by atoms with van der Waals surface area (Å²) >= 11 is 1.98. The maximum atomic E-state index is 6.04. The molecule has 0 aliphatic carbocycles. The zero-order valence-electron chi connectivity index (χ0n) is 20.4. The Balaban J connectivity index is 1.58. The zero-order chi connectivity index (χ0) is 23.6. The first kappa shape index (κ1) is 23.8. The van der Waals surface area contributed by atoms with Crippen LogP contribution in [0.4, 0.5) is 0 Å². The summed E-state index contributed by atoms with van der Waals surface area (Å²) in [7, 11) is 0. The molecule has 7 nitrogen and oxygen atoms in total. The van der Waals surface area contributed by atoms with E-state index in [2.05, 4.69) is 58.4 Å². The summed E-state index contributed by atoms with van der Waals surface area (Å²) in [5.41, 5.74) is 7.58. The molecule has 2 aromatic rings. The number of benzene rings is 1. The molecular formula is C25H36N6OS. The fourth-order valence-corrected chi connectivity index (χ4v) is 5.53. The molecule has 1 aromatic carbocycles. The third-order valence-corrected chi connectivity index (χ3v) is 7.39. The molecule has 2 aliphatic heterocycles. The summed E-state index contributed by atoms with van der Waals surface area (Å²) in [6, 6.07) is 6.61. The standard InChI is InChI=1S/C25H36N6OS/c1-17(2)28-23(27-16-26)21-15-30-12-13-32-22-7-6-19(14-20(22)24(30)29-21)33-18-8-10-31(11-9-18)25(3,4)5/h6-7,14-18H,8-13H2,1-5H3,(H2,26,27,28). The van der Waals surface area contributed by atoms with Crippen LogP contribution in [0.1, 0.15) is 53.2 Å². The molecule has 0 unspecified atom stereocenters. The highest BCUT2D eigenvalue weighted by Gasteiger charge is 2.28. The molecule has 0 radical (unpaired) electrons. The quantitative estimate of drug-likeness (QED) is 0.530. The van der Waals surface area contributed by atoms with Crippen LogP contribution in [0.5, 0.6) is 5.75 Å². The Morgan fingerprint density at radius 3 is 2.67 bits per heavy atom. The third-order valence-electron chi connectivity index (χ3n) is 6.06. The second-order valence-electron chi connectivity index (χ2n) is 9.95. The molecule has 1 aromatic heterocycles. The molecule has 0 atom stereocenters. The van der Waals surface area contributed by atoms with Gasteiger partial charge in [-0.2, -0.15) is 0 Å². The third kappa shape index (κ3) is 5.61. The van der Waals surface area contributed by atoms with E-state index >= 15 is 0 Å². The molecule has 33 heavy (non-hydrogen) atoms. The Morgan fingerprint density at radius 1 is 1.24 bits per heavy atom. The maximum absolute atomic E-state index is 6.04. The van der Waals surface area contributed by atoms with Gasteiger partial charge in [0, 0.05) is 27.9 Å². The van der Waals surface area contributed by atoms with Gasteiger partial charge in [-0.05, 0) is 78.7 Å². The van der Waals surface area contributed by atoms with Crippen LogP contribution in [0.3, 0.4) is 0 Å². The van der Waals surface area contributed by atoms with Crippen LogP contribution in [-0.2, 0) is 6.54 Å². The fourth-order valence-electron chi connectivity index (χ4n) is 4.36. The van der Waals surface area contributed by atoms with Gasteiger partial charge in [0.2, 0.25) is 0 Å². The molecule has 3 heterocycles. The number of hydrogen-bond donors (Lipinski definition) is 1. The van der Waals surface area contributed by atoms with E-state index in [0.29, 0.717) is 17.7 Å². The molecule has 2 aliphatic rings. The van der Waals surface area contributed by atoms with Crippen LogP contribution in [0.2, 0.25) is 0 Å². The first-order valence-electron chi connectivity index (χ1n) is 11.8. The van der Waals surface area contributed by atoms with Gasteiger partial charge in [0.1, 0.15) is 23.9 Å². The Labute approximate surface area is 201 Å². The van der Waals surface area contributed by atoms with Crippen LogP contribution in [0.25, 0.3) is 11.4 Å². The van der Waals surface area contributed by atoms with Crippen LogP contribution >= 0.6 is 11.8 Å². The van der Waals surface area contributed by atoms with E-state index in [4.69, 9.17) is 15.5 Å². The van der Waals surface area contributed by atoms with Gasteiger partial charge >= 0.3 is 0 Å². The predicted octanol–water partition coefficient (Wildman–Crippen LogP) is 4.44. The second kappa shape index (κ2) is 9.89. The summed E-state index contributed by atoms with van der Waals surface area (Å²) in [5, 5.41) is 0.632. The molecule has 0 bridgehead atoms. The smallest absolute Gasteiger partial charge is 0.176 e. The Morgan fingerprint density at radius 2 is 2.00 bits per heavy atom. The molecule has 0 saturated carbocycles. The van der Waals surface area contributed by atoms with E-state index < -0.39 is 0 Å². The van der Waals surface area contributed by atoms with Crippen molar-refractivity contribution >= 4 is 23.9 Å². The molecule has 4 rings (SSSR count). The zero-order valence-corrected chi connectivity index (χ0v) is 21.2. The van der Waals surface area contributed by atoms with Crippen molar-refractivity contribution in [1.29, 1.82) is 0 Å². The predicted molar refractivity (Wildman–Crippen MR) is 138 cm³/mol.